The highest BCUT2D eigenvalue weighted by atomic mass is 31.0. The van der Waals surface area contributed by atoms with E-state index in [0.717, 1.165) is 0 Å². The Morgan fingerprint density at radius 2 is 3.25 bits per heavy atom. The van der Waals surface area contributed by atoms with Crippen molar-refractivity contribution in [3.05, 3.63) is 11.9 Å². The van der Waals surface area contributed by atoms with Crippen LogP contribution in [0.4, 0.5) is 0 Å². The van der Waals surface area contributed by atoms with Gasteiger partial charge in [-0.05, 0) is 0 Å². The Morgan fingerprint density at radius 1 is 2.25 bits per heavy atom. The van der Waals surface area contributed by atoms with Gasteiger partial charge in [0.15, 0.2) is 0 Å². The van der Waals surface area contributed by atoms with E-state index in [-0.39, 0.29) is 9.18 Å². The molecule has 0 spiro atoms. The SMILES string of the molecule is [3H]C#Cc1cnc(P[3H])[nH]1. The van der Waals surface area contributed by atoms with Crippen molar-refractivity contribution in [1.82, 2.24) is 9.97 Å². The highest BCUT2D eigenvalue weighted by Crippen LogP contribution is 1.86. The molecule has 1 heterocycles. The van der Waals surface area contributed by atoms with E-state index in [1.807, 2.05) is 6.40 Å². The van der Waals surface area contributed by atoms with E-state index in [1.165, 1.54) is 6.20 Å². The van der Waals surface area contributed by atoms with Crippen molar-refractivity contribution in [2.75, 3.05) is 0 Å². The maximum atomic E-state index is 6.93. The van der Waals surface area contributed by atoms with Gasteiger partial charge < -0.3 is 4.98 Å². The molecule has 1 aromatic rings. The normalized spacial score (nSPS) is 12.5. The summed E-state index contributed by atoms with van der Waals surface area (Å²) < 4.78 is 13.5. The van der Waals surface area contributed by atoms with Crippen LogP contribution in [0, 0.1) is 12.3 Å². The molecule has 1 atom stereocenters. The fourth-order valence-electron chi connectivity index (χ4n) is 0.385. The molecule has 0 aliphatic carbocycles. The van der Waals surface area contributed by atoms with Gasteiger partial charge in [0.1, 0.15) is 12.6 Å². The largest absolute Gasteiger partial charge is 0.332 e. The third-order valence-corrected chi connectivity index (χ3v) is 0.965. The zero-order valence-electron chi connectivity index (χ0n) is 6.02. The second kappa shape index (κ2) is 1.98. The summed E-state index contributed by atoms with van der Waals surface area (Å²) in [5, 5.41) is 0. The third-order valence-electron chi connectivity index (χ3n) is 0.710. The predicted octanol–water partition coefficient (Wildman–Crippen LogP) is -0.109. The molecule has 40 valence electrons. The van der Waals surface area contributed by atoms with Gasteiger partial charge >= 0.3 is 0 Å². The van der Waals surface area contributed by atoms with Crippen LogP contribution in [0.15, 0.2) is 6.20 Å². The average molecular weight is 128 g/mol. The van der Waals surface area contributed by atoms with Crippen molar-refractivity contribution in [3.8, 4) is 12.3 Å². The quantitative estimate of drug-likeness (QED) is 0.415. The number of aromatic amines is 1. The molecule has 2 nitrogen and oxygen atoms in total. The summed E-state index contributed by atoms with van der Waals surface area (Å²) in [6, 6.07) is 0. The molecule has 3 heteroatoms. The van der Waals surface area contributed by atoms with E-state index in [9.17, 15) is 0 Å². The first-order valence-corrected chi connectivity index (χ1v) is 2.52. The number of aromatic nitrogens is 2. The fourth-order valence-corrected chi connectivity index (χ4v) is 0.584. The van der Waals surface area contributed by atoms with E-state index in [0.29, 0.717) is 11.3 Å². The topological polar surface area (TPSA) is 28.7 Å². The maximum absolute atomic E-state index is 6.93. The summed E-state index contributed by atoms with van der Waals surface area (Å²) in [6.45, 7) is 0. The van der Waals surface area contributed by atoms with Crippen LogP contribution in [0.3, 0.4) is 0 Å². The van der Waals surface area contributed by atoms with Crippen molar-refractivity contribution < 1.29 is 1.37 Å². The number of imidazole rings is 1. The standard InChI is InChI=1S/C5H5N2P/c1-2-4-3-6-5(8)7-4/h1,3H,8H2,(H,6,7)/i1T,8T. The first-order valence-electron chi connectivity index (χ1n) is 3.02. The van der Waals surface area contributed by atoms with Crippen LogP contribution in [0.2, 0.25) is 0 Å². The molecule has 0 radical (unpaired) electrons. The Kier molecular flexibility index (Phi) is 0.810. The number of hydrogen-bond acceptors (Lipinski definition) is 1. The van der Waals surface area contributed by atoms with Crippen LogP contribution >= 0.6 is 9.18 Å². The van der Waals surface area contributed by atoms with E-state index in [2.05, 4.69) is 15.9 Å². The zero-order chi connectivity index (χ0) is 7.40. The molecule has 1 aromatic heterocycles. The molecule has 1 unspecified atom stereocenters. The summed E-state index contributed by atoms with van der Waals surface area (Å²) in [5.74, 6) is 2.48. The smallest absolute Gasteiger partial charge is 0.124 e. The summed E-state index contributed by atoms with van der Waals surface area (Å²) in [5.41, 5.74) is 1.21. The minimum absolute atomic E-state index is 0.0904. The Hall–Kier alpha value is -0.800. The first-order chi connectivity index (χ1) is 4.86. The fraction of sp³-hybridized carbons (Fsp3) is 0. The third kappa shape index (κ3) is 0.882. The van der Waals surface area contributed by atoms with Crippen LogP contribution < -0.4 is 5.57 Å². The number of nitrogens with one attached hydrogen (secondary N) is 1. The van der Waals surface area contributed by atoms with Crippen molar-refractivity contribution in [2.24, 2.45) is 0 Å². The zero-order valence-corrected chi connectivity index (χ0v) is 5.02. The van der Waals surface area contributed by atoms with Gasteiger partial charge in [0.05, 0.1) is 7.48 Å². The predicted molar refractivity (Wildman–Crippen MR) is 35.9 cm³/mol. The van der Waals surface area contributed by atoms with Gasteiger partial charge in [0.2, 0.25) is 0 Å². The maximum Gasteiger partial charge on any atom is 0.124 e. The van der Waals surface area contributed by atoms with Gasteiger partial charge in [-0.1, -0.05) is 15.1 Å². The summed E-state index contributed by atoms with van der Waals surface area (Å²) in [4.78, 5) is 6.62. The molecule has 0 amide bonds. The number of terminal acetylenes is 1. The molecular weight excluding hydrogens is 119 g/mol. The lowest BCUT2D eigenvalue weighted by Gasteiger charge is -1.74. The van der Waals surface area contributed by atoms with E-state index in [4.69, 9.17) is 2.65 Å². The molecule has 8 heavy (non-hydrogen) atoms. The summed E-state index contributed by atoms with van der Waals surface area (Å²) in [7, 11) is -0.0904. The van der Waals surface area contributed by atoms with Crippen molar-refractivity contribution in [3.63, 3.8) is 0 Å². The van der Waals surface area contributed by atoms with Gasteiger partial charge in [-0.3, -0.25) is 0 Å². The monoisotopic (exact) mass is 128 g/mol. The molecular formula is C5H5N2P. The Balaban J connectivity index is 2.84. The Bertz CT molecular complexity index is 273. The van der Waals surface area contributed by atoms with Crippen LogP contribution in [0.1, 0.15) is 7.06 Å². The Labute approximate surface area is 52.6 Å². The number of rotatable bonds is 1. The van der Waals surface area contributed by atoms with Gasteiger partial charge in [-0.2, -0.15) is 0 Å². The number of hydrogen-bond donors (Lipinski definition) is 1. The van der Waals surface area contributed by atoms with E-state index >= 15 is 0 Å². The van der Waals surface area contributed by atoms with E-state index in [1.54, 1.807) is 0 Å². The first kappa shape index (κ1) is 3.27. The van der Waals surface area contributed by atoms with Crippen LogP contribution in [-0.4, -0.2) is 11.2 Å². The van der Waals surface area contributed by atoms with E-state index < -0.39 is 0 Å². The van der Waals surface area contributed by atoms with Crippen molar-refractivity contribution in [2.45, 2.75) is 0 Å². The lowest BCUT2D eigenvalue weighted by Crippen LogP contribution is -1.92. The van der Waals surface area contributed by atoms with Gasteiger partial charge in [-0.15, -0.1) is 6.40 Å². The minimum Gasteiger partial charge on any atom is -0.332 e. The second-order valence-electron chi connectivity index (χ2n) is 1.27. The molecule has 0 aliphatic heterocycles. The molecule has 1 N–H and O–H groups in total. The van der Waals surface area contributed by atoms with Crippen molar-refractivity contribution in [1.29, 1.82) is 1.28 Å². The molecule has 1 rings (SSSR count). The second-order valence-corrected chi connectivity index (χ2v) is 1.74. The molecule has 0 aromatic carbocycles. The van der Waals surface area contributed by atoms with Crippen LogP contribution in [0.5, 0.6) is 0 Å². The summed E-state index contributed by atoms with van der Waals surface area (Å²) >= 11 is 0. The van der Waals surface area contributed by atoms with Gasteiger partial charge in [-0.25, -0.2) is 4.98 Å². The highest BCUT2D eigenvalue weighted by Gasteiger charge is 1.87. The number of H-pyrrole nitrogens is 1. The molecule has 0 bridgehead atoms. The highest BCUT2D eigenvalue weighted by molar-refractivity contribution is 7.26. The molecule has 0 saturated heterocycles. The number of nitrogens with zero attached hydrogens (tertiary/aromatic N) is 1. The van der Waals surface area contributed by atoms with Crippen molar-refractivity contribution >= 4 is 14.8 Å². The average Bonchev–Trinajstić information content (AvgIpc) is 2.37. The lowest BCUT2D eigenvalue weighted by atomic mass is 10.5. The Morgan fingerprint density at radius 3 is 3.88 bits per heavy atom. The minimum atomic E-state index is -0.0904. The van der Waals surface area contributed by atoms with Crippen LogP contribution in [0.25, 0.3) is 0 Å². The molecule has 0 aliphatic rings. The molecule has 0 saturated carbocycles. The lowest BCUT2D eigenvalue weighted by molar-refractivity contribution is 1.40. The van der Waals surface area contributed by atoms with Crippen LogP contribution in [-0.2, 0) is 0 Å². The van der Waals surface area contributed by atoms with Gasteiger partial charge in [0, 0.05) is 0 Å². The summed E-state index contributed by atoms with van der Waals surface area (Å²) in [6.07, 6.45) is 3.52. The molecule has 0 fully saturated rings. The van der Waals surface area contributed by atoms with Gasteiger partial charge in [0.25, 0.3) is 0 Å².